The van der Waals surface area contributed by atoms with Crippen molar-refractivity contribution in [3.63, 3.8) is 0 Å². The van der Waals surface area contributed by atoms with Gasteiger partial charge in [0.2, 0.25) is 5.91 Å². The third-order valence-corrected chi connectivity index (χ3v) is 3.68. The number of ether oxygens (including phenoxy) is 3. The first-order valence-corrected chi connectivity index (χ1v) is 8.96. The average molecular weight is 331 g/mol. The Kier molecular flexibility index (Phi) is 14.5. The highest BCUT2D eigenvalue weighted by Gasteiger charge is 2.10. The molecule has 0 spiro atoms. The highest BCUT2D eigenvalue weighted by molar-refractivity contribution is 5.76. The van der Waals surface area contributed by atoms with Gasteiger partial charge in [-0.2, -0.15) is 0 Å². The molecule has 0 radical (unpaired) electrons. The molecule has 0 aliphatic carbocycles. The summed E-state index contributed by atoms with van der Waals surface area (Å²) in [5, 5.41) is 2.95. The molecular weight excluding hydrogens is 294 g/mol. The topological polar surface area (TPSA) is 56.8 Å². The minimum Gasteiger partial charge on any atom is -0.379 e. The van der Waals surface area contributed by atoms with Gasteiger partial charge in [0.25, 0.3) is 0 Å². The zero-order valence-electron chi connectivity index (χ0n) is 15.7. The summed E-state index contributed by atoms with van der Waals surface area (Å²) < 4.78 is 16.3. The maximum absolute atomic E-state index is 11.6. The molecule has 0 aliphatic rings. The van der Waals surface area contributed by atoms with E-state index in [0.29, 0.717) is 45.4 Å². The van der Waals surface area contributed by atoms with Crippen LogP contribution in [0.1, 0.15) is 53.9 Å². The van der Waals surface area contributed by atoms with Crippen LogP contribution in [0, 0.1) is 11.8 Å². The molecule has 1 unspecified atom stereocenters. The van der Waals surface area contributed by atoms with E-state index in [0.717, 1.165) is 18.9 Å². The van der Waals surface area contributed by atoms with Gasteiger partial charge in [-0.15, -0.1) is 0 Å². The highest BCUT2D eigenvalue weighted by atomic mass is 16.5. The first-order valence-electron chi connectivity index (χ1n) is 8.96. The molecule has 0 bridgehead atoms. The Labute approximate surface area is 142 Å². The molecular formula is C18H37NO4. The number of hydrogen-bond acceptors (Lipinski definition) is 4. The molecule has 5 heteroatoms. The second-order valence-electron chi connectivity index (χ2n) is 6.72. The molecule has 1 N–H and O–H groups in total. The van der Waals surface area contributed by atoms with Crippen molar-refractivity contribution < 1.29 is 19.0 Å². The maximum atomic E-state index is 11.6. The van der Waals surface area contributed by atoms with Gasteiger partial charge in [0.1, 0.15) is 0 Å². The third-order valence-electron chi connectivity index (χ3n) is 3.68. The molecule has 0 aromatic heterocycles. The summed E-state index contributed by atoms with van der Waals surface area (Å²) >= 11 is 0. The lowest BCUT2D eigenvalue weighted by molar-refractivity contribution is -0.123. The molecule has 0 aromatic rings. The number of hydrogen-bond donors (Lipinski definition) is 1. The van der Waals surface area contributed by atoms with Crippen molar-refractivity contribution in [2.45, 2.75) is 59.9 Å². The van der Waals surface area contributed by atoms with Crippen molar-refractivity contribution in [2.24, 2.45) is 11.8 Å². The zero-order chi connectivity index (χ0) is 17.5. The molecule has 0 aliphatic heterocycles. The Morgan fingerprint density at radius 3 is 1.87 bits per heavy atom. The van der Waals surface area contributed by atoms with E-state index in [2.05, 4.69) is 33.0 Å². The predicted molar refractivity (Wildman–Crippen MR) is 93.6 cm³/mol. The monoisotopic (exact) mass is 331 g/mol. The van der Waals surface area contributed by atoms with Crippen LogP contribution in [0.3, 0.4) is 0 Å². The summed E-state index contributed by atoms with van der Waals surface area (Å²) in [6, 6.07) is 0.200. The van der Waals surface area contributed by atoms with Crippen LogP contribution in [0.4, 0.5) is 0 Å². The van der Waals surface area contributed by atoms with Gasteiger partial charge in [0, 0.05) is 19.1 Å². The van der Waals surface area contributed by atoms with Crippen molar-refractivity contribution in [3.8, 4) is 0 Å². The van der Waals surface area contributed by atoms with E-state index in [-0.39, 0.29) is 11.9 Å². The molecule has 138 valence electrons. The maximum Gasteiger partial charge on any atom is 0.222 e. The fourth-order valence-electron chi connectivity index (χ4n) is 1.79. The third kappa shape index (κ3) is 16.0. The second-order valence-corrected chi connectivity index (χ2v) is 6.72. The van der Waals surface area contributed by atoms with Crippen LogP contribution in [0.25, 0.3) is 0 Å². The Morgan fingerprint density at radius 1 is 0.826 bits per heavy atom. The summed E-state index contributed by atoms with van der Waals surface area (Å²) in [7, 11) is 0. The smallest absolute Gasteiger partial charge is 0.222 e. The van der Waals surface area contributed by atoms with E-state index in [1.165, 1.54) is 6.42 Å². The van der Waals surface area contributed by atoms with E-state index in [1.807, 2.05) is 6.92 Å². The average Bonchev–Trinajstić information content (AvgIpc) is 2.47. The van der Waals surface area contributed by atoms with Crippen molar-refractivity contribution in [2.75, 3.05) is 39.6 Å². The van der Waals surface area contributed by atoms with E-state index in [4.69, 9.17) is 14.2 Å². The molecule has 0 rings (SSSR count). The number of carbonyl (C=O) groups is 1. The lowest BCUT2D eigenvalue weighted by atomic mass is 10.1. The fourth-order valence-corrected chi connectivity index (χ4v) is 1.79. The summed E-state index contributed by atoms with van der Waals surface area (Å²) in [5.41, 5.74) is 0. The molecule has 0 saturated carbocycles. The highest BCUT2D eigenvalue weighted by Crippen LogP contribution is 2.03. The Bertz CT molecular complexity index is 282. The summed E-state index contributed by atoms with van der Waals surface area (Å²) in [5.74, 6) is 1.23. The standard InChI is InChI=1S/C18H37NO4/c1-15(2)7-6-9-21-11-13-23-14-12-22-10-8-18(20)19-17(5)16(3)4/h15-17H,6-14H2,1-5H3,(H,19,20). The molecule has 1 amide bonds. The van der Waals surface area contributed by atoms with Gasteiger partial charge in [-0.3, -0.25) is 4.79 Å². The van der Waals surface area contributed by atoms with Crippen molar-refractivity contribution >= 4 is 5.91 Å². The van der Waals surface area contributed by atoms with Crippen LogP contribution < -0.4 is 5.32 Å². The number of nitrogens with one attached hydrogen (secondary N) is 1. The van der Waals surface area contributed by atoms with E-state index in [9.17, 15) is 4.79 Å². The number of rotatable bonds is 15. The van der Waals surface area contributed by atoms with Crippen LogP contribution in [0.15, 0.2) is 0 Å². The first kappa shape index (κ1) is 22.4. The zero-order valence-corrected chi connectivity index (χ0v) is 15.7. The quantitative estimate of drug-likeness (QED) is 0.469. The fraction of sp³-hybridized carbons (Fsp3) is 0.944. The van der Waals surface area contributed by atoms with Crippen LogP contribution in [-0.2, 0) is 19.0 Å². The van der Waals surface area contributed by atoms with Crippen molar-refractivity contribution in [1.82, 2.24) is 5.32 Å². The van der Waals surface area contributed by atoms with Crippen molar-refractivity contribution in [3.05, 3.63) is 0 Å². The van der Waals surface area contributed by atoms with E-state index < -0.39 is 0 Å². The minimum atomic E-state index is 0.0434. The first-order chi connectivity index (χ1) is 10.9. The van der Waals surface area contributed by atoms with E-state index >= 15 is 0 Å². The molecule has 0 saturated heterocycles. The second kappa shape index (κ2) is 14.9. The Hall–Kier alpha value is -0.650. The lowest BCUT2D eigenvalue weighted by Crippen LogP contribution is -2.36. The Morgan fingerprint density at radius 2 is 1.35 bits per heavy atom. The van der Waals surface area contributed by atoms with Gasteiger partial charge in [-0.1, -0.05) is 27.7 Å². The van der Waals surface area contributed by atoms with Gasteiger partial charge in [0.05, 0.1) is 33.0 Å². The molecule has 23 heavy (non-hydrogen) atoms. The summed E-state index contributed by atoms with van der Waals surface area (Å²) in [6.07, 6.45) is 2.71. The van der Waals surface area contributed by atoms with Crippen LogP contribution in [0.2, 0.25) is 0 Å². The van der Waals surface area contributed by atoms with Crippen LogP contribution in [-0.4, -0.2) is 51.6 Å². The van der Waals surface area contributed by atoms with Gasteiger partial charge >= 0.3 is 0 Å². The predicted octanol–water partition coefficient (Wildman–Crippen LogP) is 3.02. The number of amides is 1. The molecule has 0 fully saturated rings. The van der Waals surface area contributed by atoms with Gasteiger partial charge < -0.3 is 19.5 Å². The Balaban J connectivity index is 3.23. The van der Waals surface area contributed by atoms with Crippen molar-refractivity contribution in [1.29, 1.82) is 0 Å². The van der Waals surface area contributed by atoms with Gasteiger partial charge in [0.15, 0.2) is 0 Å². The molecule has 0 heterocycles. The van der Waals surface area contributed by atoms with Crippen LogP contribution in [0.5, 0.6) is 0 Å². The molecule has 5 nitrogen and oxygen atoms in total. The van der Waals surface area contributed by atoms with E-state index in [1.54, 1.807) is 0 Å². The van der Waals surface area contributed by atoms with Gasteiger partial charge in [-0.25, -0.2) is 0 Å². The minimum absolute atomic E-state index is 0.0434. The SMILES string of the molecule is CC(C)CCCOCCOCCOCCC(=O)NC(C)C(C)C. The normalized spacial score (nSPS) is 12.8. The summed E-state index contributed by atoms with van der Waals surface area (Å²) in [6.45, 7) is 14.2. The van der Waals surface area contributed by atoms with Crippen LogP contribution >= 0.6 is 0 Å². The molecule has 1 atom stereocenters. The number of carbonyl (C=O) groups excluding carboxylic acids is 1. The molecule has 0 aromatic carbocycles. The lowest BCUT2D eigenvalue weighted by Gasteiger charge is -2.17. The van der Waals surface area contributed by atoms with Gasteiger partial charge in [-0.05, 0) is 31.6 Å². The largest absolute Gasteiger partial charge is 0.379 e. The summed E-state index contributed by atoms with van der Waals surface area (Å²) in [4.78, 5) is 11.6.